The second kappa shape index (κ2) is 9.63. The van der Waals surface area contributed by atoms with Crippen LogP contribution in [-0.2, 0) is 21.4 Å². The number of benzene rings is 3. The highest BCUT2D eigenvalue weighted by Crippen LogP contribution is 2.33. The predicted molar refractivity (Wildman–Crippen MR) is 115 cm³/mol. The van der Waals surface area contributed by atoms with E-state index < -0.39 is 40.1 Å². The van der Waals surface area contributed by atoms with Crippen molar-refractivity contribution in [2.24, 2.45) is 0 Å². The maximum Gasteiger partial charge on any atom is 0.341 e. The van der Waals surface area contributed by atoms with Crippen molar-refractivity contribution in [1.82, 2.24) is 4.31 Å². The number of nitrogens with zero attached hydrogens (tertiary/aromatic N) is 1. The van der Waals surface area contributed by atoms with E-state index in [-0.39, 0.29) is 33.9 Å². The molecular formula is C23H20F3NO5S. The molecule has 0 bridgehead atoms. The number of rotatable bonds is 8. The third-order valence-corrected chi connectivity index (χ3v) is 6.61. The molecule has 0 amide bonds. The first-order valence-electron chi connectivity index (χ1n) is 9.64. The number of carboxylic acid groups (broad SMARTS) is 1. The lowest BCUT2D eigenvalue weighted by atomic mass is 10.0. The molecule has 0 saturated carbocycles. The van der Waals surface area contributed by atoms with E-state index in [2.05, 4.69) is 0 Å². The summed E-state index contributed by atoms with van der Waals surface area (Å²) in [5.41, 5.74) is 0.909. The molecule has 6 nitrogen and oxygen atoms in total. The van der Waals surface area contributed by atoms with Gasteiger partial charge in [-0.05, 0) is 66.1 Å². The molecule has 0 heterocycles. The molecule has 0 atom stereocenters. The minimum atomic E-state index is -3.96. The summed E-state index contributed by atoms with van der Waals surface area (Å²) < 4.78 is 73.2. The van der Waals surface area contributed by atoms with Gasteiger partial charge in [-0.2, -0.15) is 4.31 Å². The van der Waals surface area contributed by atoms with Crippen LogP contribution >= 0.6 is 0 Å². The molecule has 1 N–H and O–H groups in total. The zero-order chi connectivity index (χ0) is 24.3. The lowest BCUT2D eigenvalue weighted by Crippen LogP contribution is -2.26. The Labute approximate surface area is 188 Å². The highest BCUT2D eigenvalue weighted by Gasteiger charge is 2.22. The van der Waals surface area contributed by atoms with Crippen LogP contribution in [0.4, 0.5) is 13.2 Å². The molecule has 0 aliphatic carbocycles. The fraction of sp³-hybridized carbons (Fsp3) is 0.174. The van der Waals surface area contributed by atoms with Gasteiger partial charge in [0.25, 0.3) is 0 Å². The van der Waals surface area contributed by atoms with Crippen molar-refractivity contribution in [2.45, 2.75) is 18.4 Å². The quantitative estimate of drug-likeness (QED) is 0.519. The van der Waals surface area contributed by atoms with Gasteiger partial charge in [0.15, 0.2) is 6.61 Å². The first kappa shape index (κ1) is 24.3. The van der Waals surface area contributed by atoms with Crippen molar-refractivity contribution in [3.63, 3.8) is 0 Å². The topological polar surface area (TPSA) is 83.9 Å². The minimum absolute atomic E-state index is 0.0609. The Bertz CT molecular complexity index is 1290. The van der Waals surface area contributed by atoms with Gasteiger partial charge in [-0.25, -0.2) is 26.4 Å². The Morgan fingerprint density at radius 2 is 1.67 bits per heavy atom. The van der Waals surface area contributed by atoms with Gasteiger partial charge in [0.2, 0.25) is 10.0 Å². The van der Waals surface area contributed by atoms with Gasteiger partial charge < -0.3 is 9.84 Å². The normalized spacial score (nSPS) is 11.6. The van der Waals surface area contributed by atoms with Crippen LogP contribution in [0.15, 0.2) is 59.5 Å². The first-order valence-corrected chi connectivity index (χ1v) is 11.1. The fourth-order valence-electron chi connectivity index (χ4n) is 3.18. The van der Waals surface area contributed by atoms with Gasteiger partial charge in [-0.3, -0.25) is 0 Å². The van der Waals surface area contributed by atoms with Gasteiger partial charge in [-0.15, -0.1) is 0 Å². The summed E-state index contributed by atoms with van der Waals surface area (Å²) in [5.74, 6) is -3.39. The third-order valence-electron chi connectivity index (χ3n) is 4.81. The lowest BCUT2D eigenvalue weighted by Gasteiger charge is -2.19. The molecule has 10 heteroatoms. The molecule has 3 aromatic rings. The van der Waals surface area contributed by atoms with Crippen molar-refractivity contribution in [3.05, 3.63) is 83.2 Å². The second-order valence-corrected chi connectivity index (χ2v) is 9.39. The number of aliphatic carboxylic acids is 1. The second-order valence-electron chi connectivity index (χ2n) is 7.34. The molecule has 33 heavy (non-hydrogen) atoms. The predicted octanol–water partition coefficient (Wildman–Crippen LogP) is 4.36. The molecule has 0 aliphatic heterocycles. The molecular weight excluding hydrogens is 459 g/mol. The van der Waals surface area contributed by atoms with Crippen LogP contribution in [0.5, 0.6) is 5.75 Å². The molecule has 0 saturated heterocycles. The van der Waals surface area contributed by atoms with Crippen molar-refractivity contribution in [2.75, 3.05) is 13.7 Å². The first-order chi connectivity index (χ1) is 15.5. The van der Waals surface area contributed by atoms with E-state index in [1.807, 2.05) is 0 Å². The number of sulfonamides is 1. The molecule has 174 valence electrons. The fourth-order valence-corrected chi connectivity index (χ4v) is 4.42. The Balaban J connectivity index is 1.97. The van der Waals surface area contributed by atoms with Crippen molar-refractivity contribution in [3.8, 4) is 16.9 Å². The summed E-state index contributed by atoms with van der Waals surface area (Å²) >= 11 is 0. The van der Waals surface area contributed by atoms with Gasteiger partial charge >= 0.3 is 5.97 Å². The van der Waals surface area contributed by atoms with E-state index in [0.717, 1.165) is 28.6 Å². The molecule has 0 unspecified atom stereocenters. The van der Waals surface area contributed by atoms with E-state index in [1.54, 1.807) is 0 Å². The van der Waals surface area contributed by atoms with Gasteiger partial charge in [0.1, 0.15) is 23.2 Å². The summed E-state index contributed by atoms with van der Waals surface area (Å²) in [5, 5.41) is 8.89. The summed E-state index contributed by atoms with van der Waals surface area (Å²) in [6, 6.07) is 10.6. The number of carboxylic acids is 1. The Morgan fingerprint density at radius 3 is 2.27 bits per heavy atom. The number of hydrogen-bond donors (Lipinski definition) is 1. The molecule has 0 aromatic heterocycles. The highest BCUT2D eigenvalue weighted by atomic mass is 32.2. The molecule has 0 fully saturated rings. The third kappa shape index (κ3) is 5.71. The number of hydrogen-bond acceptors (Lipinski definition) is 4. The number of aryl methyl sites for hydroxylation is 1. The number of carbonyl (C=O) groups is 1. The summed E-state index contributed by atoms with van der Waals surface area (Å²) in [6.07, 6.45) is 0. The molecule has 3 rings (SSSR count). The van der Waals surface area contributed by atoms with Crippen LogP contribution in [0.25, 0.3) is 11.1 Å². The molecule has 3 aromatic carbocycles. The van der Waals surface area contributed by atoms with Crippen LogP contribution in [0, 0.1) is 24.4 Å². The van der Waals surface area contributed by atoms with Crippen LogP contribution in [0.3, 0.4) is 0 Å². The van der Waals surface area contributed by atoms with Gasteiger partial charge in [0.05, 0.1) is 4.90 Å². The van der Waals surface area contributed by atoms with Crippen molar-refractivity contribution >= 4 is 16.0 Å². The van der Waals surface area contributed by atoms with E-state index in [9.17, 15) is 26.4 Å². The lowest BCUT2D eigenvalue weighted by molar-refractivity contribution is -0.139. The van der Waals surface area contributed by atoms with Gasteiger partial charge in [0, 0.05) is 25.2 Å². The largest absolute Gasteiger partial charge is 0.481 e. The van der Waals surface area contributed by atoms with Crippen LogP contribution in [0.1, 0.15) is 11.1 Å². The van der Waals surface area contributed by atoms with E-state index in [1.165, 1.54) is 38.2 Å². The zero-order valence-electron chi connectivity index (χ0n) is 17.7. The summed E-state index contributed by atoms with van der Waals surface area (Å²) in [6.45, 7) is 0.652. The maximum absolute atomic E-state index is 13.8. The molecule has 0 aliphatic rings. The Morgan fingerprint density at radius 1 is 1.00 bits per heavy atom. The van der Waals surface area contributed by atoms with Crippen LogP contribution in [-0.4, -0.2) is 37.5 Å². The van der Waals surface area contributed by atoms with E-state index in [4.69, 9.17) is 9.84 Å². The minimum Gasteiger partial charge on any atom is -0.481 e. The monoisotopic (exact) mass is 479 g/mol. The molecule has 0 spiro atoms. The standard InChI is InChI=1S/C23H20F3NO5S/c1-14-7-19(4-5-21(14)26)33(30,31)27(2)12-15-3-6-22(32-13-23(28)29)20(8-15)16-9-17(24)11-18(25)10-16/h3-11H,12-13H2,1-2H3,(H,28,29). The zero-order valence-corrected chi connectivity index (χ0v) is 18.5. The van der Waals surface area contributed by atoms with E-state index in [0.29, 0.717) is 11.6 Å². The van der Waals surface area contributed by atoms with Crippen LogP contribution in [0.2, 0.25) is 0 Å². The summed E-state index contributed by atoms with van der Waals surface area (Å²) in [7, 11) is -2.62. The Hall–Kier alpha value is -3.37. The van der Waals surface area contributed by atoms with Crippen molar-refractivity contribution in [1.29, 1.82) is 0 Å². The number of ether oxygens (including phenoxy) is 1. The average Bonchev–Trinajstić information content (AvgIpc) is 2.73. The Kier molecular flexibility index (Phi) is 7.09. The number of halogens is 3. The molecule has 0 radical (unpaired) electrons. The van der Waals surface area contributed by atoms with Crippen molar-refractivity contribution < 1.29 is 36.2 Å². The van der Waals surface area contributed by atoms with Gasteiger partial charge in [-0.1, -0.05) is 6.07 Å². The maximum atomic E-state index is 13.8. The summed E-state index contributed by atoms with van der Waals surface area (Å²) in [4.78, 5) is 10.8. The smallest absolute Gasteiger partial charge is 0.341 e. The SMILES string of the molecule is Cc1cc(S(=O)(=O)N(C)Cc2ccc(OCC(=O)O)c(-c3cc(F)cc(F)c3)c2)ccc1F. The highest BCUT2D eigenvalue weighted by molar-refractivity contribution is 7.89. The van der Waals surface area contributed by atoms with Crippen LogP contribution < -0.4 is 4.74 Å². The average molecular weight is 479 g/mol. The van der Waals surface area contributed by atoms with E-state index >= 15 is 0 Å².